The van der Waals surface area contributed by atoms with Gasteiger partial charge in [-0.05, 0) is 12.1 Å². The highest BCUT2D eigenvalue weighted by Crippen LogP contribution is 2.11. The Morgan fingerprint density at radius 2 is 2.17 bits per heavy atom. The smallest absolute Gasteiger partial charge is 0.228 e. The standard InChI is InChI=1S/C9H9FNO/c1-2-9(12)11-8-6-4-3-5-7(8)10/h2-6H,1H3,(H,11,12). The summed E-state index contributed by atoms with van der Waals surface area (Å²) in [5.41, 5.74) is 0.209. The van der Waals surface area contributed by atoms with Crippen LogP contribution in [0.15, 0.2) is 24.3 Å². The fourth-order valence-corrected chi connectivity index (χ4v) is 0.767. The third-order valence-electron chi connectivity index (χ3n) is 1.39. The third-order valence-corrected chi connectivity index (χ3v) is 1.39. The number of anilines is 1. The Morgan fingerprint density at radius 1 is 1.50 bits per heavy atom. The Kier molecular flexibility index (Phi) is 2.80. The lowest BCUT2D eigenvalue weighted by atomic mass is 10.3. The van der Waals surface area contributed by atoms with Crippen LogP contribution in [0.4, 0.5) is 10.1 Å². The van der Waals surface area contributed by atoms with Crippen molar-refractivity contribution in [2.75, 3.05) is 5.32 Å². The maximum atomic E-state index is 12.9. The van der Waals surface area contributed by atoms with E-state index in [-0.39, 0.29) is 11.6 Å². The summed E-state index contributed by atoms with van der Waals surface area (Å²) in [5.74, 6) is -0.729. The Bertz CT molecular complexity index is 286. The van der Waals surface area contributed by atoms with Crippen molar-refractivity contribution in [2.24, 2.45) is 0 Å². The van der Waals surface area contributed by atoms with Crippen LogP contribution in [0.25, 0.3) is 0 Å². The zero-order valence-corrected chi connectivity index (χ0v) is 6.67. The van der Waals surface area contributed by atoms with E-state index in [1.165, 1.54) is 18.6 Å². The molecule has 1 radical (unpaired) electrons. The summed E-state index contributed by atoms with van der Waals surface area (Å²) in [4.78, 5) is 10.8. The van der Waals surface area contributed by atoms with Gasteiger partial charge in [0.2, 0.25) is 5.91 Å². The van der Waals surface area contributed by atoms with Gasteiger partial charge in [-0.15, -0.1) is 0 Å². The molecule has 0 aromatic heterocycles. The highest BCUT2D eigenvalue weighted by molar-refractivity contribution is 5.96. The van der Waals surface area contributed by atoms with E-state index in [0.717, 1.165) is 0 Å². The lowest BCUT2D eigenvalue weighted by molar-refractivity contribution is -0.113. The number of benzene rings is 1. The zero-order chi connectivity index (χ0) is 8.97. The normalized spacial score (nSPS) is 9.50. The van der Waals surface area contributed by atoms with Crippen molar-refractivity contribution < 1.29 is 9.18 Å². The lowest BCUT2D eigenvalue weighted by Gasteiger charge is -2.02. The molecule has 1 aromatic carbocycles. The number of para-hydroxylation sites is 1. The van der Waals surface area contributed by atoms with E-state index in [4.69, 9.17) is 0 Å². The second-order valence-electron chi connectivity index (χ2n) is 2.26. The largest absolute Gasteiger partial charge is 0.323 e. The molecule has 1 rings (SSSR count). The number of hydrogen-bond acceptors (Lipinski definition) is 1. The molecule has 63 valence electrons. The van der Waals surface area contributed by atoms with Crippen LogP contribution in [-0.4, -0.2) is 5.91 Å². The number of nitrogens with one attached hydrogen (secondary N) is 1. The molecule has 0 saturated carbocycles. The van der Waals surface area contributed by atoms with Gasteiger partial charge >= 0.3 is 0 Å². The van der Waals surface area contributed by atoms with E-state index in [1.807, 2.05) is 0 Å². The maximum Gasteiger partial charge on any atom is 0.228 e. The van der Waals surface area contributed by atoms with Crippen LogP contribution in [0.2, 0.25) is 0 Å². The average Bonchev–Trinajstić information content (AvgIpc) is 2.09. The lowest BCUT2D eigenvalue weighted by Crippen LogP contribution is -2.11. The minimum atomic E-state index is -0.423. The summed E-state index contributed by atoms with van der Waals surface area (Å²) in [5, 5.41) is 2.39. The highest BCUT2D eigenvalue weighted by Gasteiger charge is 2.02. The fourth-order valence-electron chi connectivity index (χ4n) is 0.767. The molecule has 0 atom stereocenters. The molecule has 0 saturated heterocycles. The summed E-state index contributed by atoms with van der Waals surface area (Å²) >= 11 is 0. The quantitative estimate of drug-likeness (QED) is 0.715. The molecule has 0 unspecified atom stereocenters. The molecule has 12 heavy (non-hydrogen) atoms. The molecular weight excluding hydrogens is 157 g/mol. The van der Waals surface area contributed by atoms with E-state index in [1.54, 1.807) is 19.1 Å². The third kappa shape index (κ3) is 2.05. The van der Waals surface area contributed by atoms with Gasteiger partial charge in [0.1, 0.15) is 5.82 Å². The molecule has 0 fully saturated rings. The van der Waals surface area contributed by atoms with Gasteiger partial charge in [0, 0.05) is 6.42 Å². The minimum Gasteiger partial charge on any atom is -0.323 e. The number of carbonyl (C=O) groups excluding carboxylic acids is 1. The van der Waals surface area contributed by atoms with Crippen molar-refractivity contribution >= 4 is 11.6 Å². The summed E-state index contributed by atoms with van der Waals surface area (Å²) in [7, 11) is 0. The van der Waals surface area contributed by atoms with E-state index < -0.39 is 5.82 Å². The van der Waals surface area contributed by atoms with E-state index >= 15 is 0 Å². The zero-order valence-electron chi connectivity index (χ0n) is 6.67. The number of halogens is 1. The predicted molar refractivity (Wildman–Crippen MR) is 45.0 cm³/mol. The molecule has 1 amide bonds. The van der Waals surface area contributed by atoms with Crippen molar-refractivity contribution in [3.05, 3.63) is 36.5 Å². The van der Waals surface area contributed by atoms with Crippen molar-refractivity contribution in [2.45, 2.75) is 6.92 Å². The van der Waals surface area contributed by atoms with Crippen LogP contribution in [-0.2, 0) is 4.79 Å². The van der Waals surface area contributed by atoms with Crippen LogP contribution in [0.1, 0.15) is 6.92 Å². The topological polar surface area (TPSA) is 29.1 Å². The molecular formula is C9H9FNO. The van der Waals surface area contributed by atoms with Crippen molar-refractivity contribution in [3.8, 4) is 0 Å². The second kappa shape index (κ2) is 3.85. The number of carbonyl (C=O) groups is 1. The van der Waals surface area contributed by atoms with Gasteiger partial charge in [-0.3, -0.25) is 4.79 Å². The molecule has 0 spiro atoms. The fraction of sp³-hybridized carbons (Fsp3) is 0.111. The van der Waals surface area contributed by atoms with Crippen LogP contribution in [0.5, 0.6) is 0 Å². The first-order chi connectivity index (χ1) is 5.74. The first kappa shape index (κ1) is 8.71. The van der Waals surface area contributed by atoms with Crippen LogP contribution < -0.4 is 5.32 Å². The number of hydrogen-bond donors (Lipinski definition) is 1. The van der Waals surface area contributed by atoms with Crippen LogP contribution in [0.3, 0.4) is 0 Å². The maximum absolute atomic E-state index is 12.9. The molecule has 3 heteroatoms. The number of amides is 1. The summed E-state index contributed by atoms with van der Waals surface area (Å²) in [6.07, 6.45) is 1.34. The minimum absolute atomic E-state index is 0.209. The molecule has 0 aliphatic carbocycles. The van der Waals surface area contributed by atoms with Crippen molar-refractivity contribution in [1.29, 1.82) is 0 Å². The van der Waals surface area contributed by atoms with Crippen molar-refractivity contribution in [1.82, 2.24) is 0 Å². The summed E-state index contributed by atoms with van der Waals surface area (Å²) < 4.78 is 12.9. The SMILES string of the molecule is C[CH]C(=O)Nc1ccccc1F. The Morgan fingerprint density at radius 3 is 2.75 bits per heavy atom. The molecule has 0 heterocycles. The first-order valence-corrected chi connectivity index (χ1v) is 3.59. The van der Waals surface area contributed by atoms with E-state index in [0.29, 0.717) is 0 Å². The second-order valence-corrected chi connectivity index (χ2v) is 2.26. The number of rotatable bonds is 2. The molecule has 1 aromatic rings. The van der Waals surface area contributed by atoms with Crippen LogP contribution >= 0.6 is 0 Å². The summed E-state index contributed by atoms with van der Waals surface area (Å²) in [6.45, 7) is 1.59. The van der Waals surface area contributed by atoms with Gasteiger partial charge in [-0.2, -0.15) is 0 Å². The van der Waals surface area contributed by atoms with Crippen LogP contribution in [0, 0.1) is 12.2 Å². The van der Waals surface area contributed by atoms with E-state index in [2.05, 4.69) is 5.32 Å². The molecule has 1 N–H and O–H groups in total. The molecule has 0 bridgehead atoms. The molecule has 2 nitrogen and oxygen atoms in total. The molecule has 0 aliphatic rings. The van der Waals surface area contributed by atoms with Gasteiger partial charge < -0.3 is 5.32 Å². The van der Waals surface area contributed by atoms with Gasteiger partial charge in [0.05, 0.1) is 5.69 Å². The van der Waals surface area contributed by atoms with Gasteiger partial charge in [0.25, 0.3) is 0 Å². The van der Waals surface area contributed by atoms with Gasteiger partial charge in [-0.1, -0.05) is 19.1 Å². The Labute approximate surface area is 70.4 Å². The average molecular weight is 166 g/mol. The Balaban J connectivity index is 2.75. The highest BCUT2D eigenvalue weighted by atomic mass is 19.1. The van der Waals surface area contributed by atoms with Gasteiger partial charge in [-0.25, -0.2) is 4.39 Å². The predicted octanol–water partition coefficient (Wildman–Crippen LogP) is 1.99. The monoisotopic (exact) mass is 166 g/mol. The molecule has 0 aliphatic heterocycles. The summed E-state index contributed by atoms with van der Waals surface area (Å²) in [6, 6.07) is 6.04. The van der Waals surface area contributed by atoms with Gasteiger partial charge in [0.15, 0.2) is 0 Å². The first-order valence-electron chi connectivity index (χ1n) is 3.59. The van der Waals surface area contributed by atoms with Crippen molar-refractivity contribution in [3.63, 3.8) is 0 Å². The van der Waals surface area contributed by atoms with E-state index in [9.17, 15) is 9.18 Å². The Hall–Kier alpha value is -1.38.